The first-order chi connectivity index (χ1) is 9.10. The molecule has 0 fully saturated rings. The fourth-order valence-electron chi connectivity index (χ4n) is 1.36. The molecule has 0 unspecified atom stereocenters. The van der Waals surface area contributed by atoms with Crippen LogP contribution in [0, 0.1) is 11.5 Å². The second kappa shape index (κ2) is 6.25. The molecule has 0 saturated heterocycles. The van der Waals surface area contributed by atoms with Gasteiger partial charge in [0.05, 0.1) is 0 Å². The zero-order chi connectivity index (χ0) is 15.4. The molecule has 0 radical (unpaired) electrons. The summed E-state index contributed by atoms with van der Waals surface area (Å²) < 4.78 is 0. The van der Waals surface area contributed by atoms with E-state index in [9.17, 15) is 4.79 Å². The predicted molar refractivity (Wildman–Crippen MR) is 85.2 cm³/mol. The minimum atomic E-state index is -1.34. The number of benzene rings is 1. The van der Waals surface area contributed by atoms with Gasteiger partial charge in [-0.05, 0) is 31.5 Å². The van der Waals surface area contributed by atoms with Crippen molar-refractivity contribution in [1.82, 2.24) is 5.32 Å². The van der Waals surface area contributed by atoms with Crippen molar-refractivity contribution in [1.29, 1.82) is 0 Å². The van der Waals surface area contributed by atoms with Crippen LogP contribution >= 0.6 is 0 Å². The molecule has 0 aliphatic carbocycles. The van der Waals surface area contributed by atoms with Gasteiger partial charge in [-0.15, -0.1) is 5.54 Å². The van der Waals surface area contributed by atoms with Gasteiger partial charge in [-0.25, -0.2) is 0 Å². The van der Waals surface area contributed by atoms with Crippen LogP contribution in [0.25, 0.3) is 0 Å². The highest BCUT2D eigenvalue weighted by Gasteiger charge is 2.25. The Morgan fingerprint density at radius 1 is 1.25 bits per heavy atom. The molecule has 0 aromatic heterocycles. The summed E-state index contributed by atoms with van der Waals surface area (Å²) in [5, 5.41) is 12.1. The highest BCUT2D eigenvalue weighted by Crippen LogP contribution is 2.08. The number of carboxylic acid groups (broad SMARTS) is 1. The van der Waals surface area contributed by atoms with E-state index in [-0.39, 0.29) is 0 Å². The molecule has 1 rings (SSSR count). The van der Waals surface area contributed by atoms with Gasteiger partial charge in [-0.3, -0.25) is 10.1 Å². The van der Waals surface area contributed by atoms with Crippen LogP contribution in [0.15, 0.2) is 24.3 Å². The van der Waals surface area contributed by atoms with Crippen LogP contribution in [-0.2, 0) is 11.3 Å². The third-order valence-electron chi connectivity index (χ3n) is 2.80. The summed E-state index contributed by atoms with van der Waals surface area (Å²) in [5.41, 5.74) is 4.47. The van der Waals surface area contributed by atoms with Crippen LogP contribution in [0.3, 0.4) is 0 Å². The fourth-order valence-corrected chi connectivity index (χ4v) is 1.88. The Morgan fingerprint density at radius 3 is 2.25 bits per heavy atom. The van der Waals surface area contributed by atoms with Crippen molar-refractivity contribution in [2.24, 2.45) is 0 Å². The van der Waals surface area contributed by atoms with Crippen molar-refractivity contribution in [3.8, 4) is 11.5 Å². The lowest BCUT2D eigenvalue weighted by molar-refractivity contribution is -0.143. The van der Waals surface area contributed by atoms with Crippen LogP contribution in [0.4, 0.5) is 0 Å². The SMILES string of the molecule is CC(C)(NCc1ccc(C#C[Si](C)(C)C)cc1)C(=O)O. The summed E-state index contributed by atoms with van der Waals surface area (Å²) in [7, 11) is -1.34. The molecule has 0 bridgehead atoms. The Bertz CT molecular complexity index is 530. The van der Waals surface area contributed by atoms with E-state index >= 15 is 0 Å². The topological polar surface area (TPSA) is 49.3 Å². The Balaban J connectivity index is 2.68. The molecule has 0 aliphatic rings. The summed E-state index contributed by atoms with van der Waals surface area (Å²) in [6, 6.07) is 7.94. The van der Waals surface area contributed by atoms with Gasteiger partial charge in [0.2, 0.25) is 0 Å². The zero-order valence-electron chi connectivity index (χ0n) is 12.9. The van der Waals surface area contributed by atoms with Crippen molar-refractivity contribution < 1.29 is 9.90 Å². The van der Waals surface area contributed by atoms with Gasteiger partial charge in [0, 0.05) is 12.1 Å². The molecule has 20 heavy (non-hydrogen) atoms. The highest BCUT2D eigenvalue weighted by molar-refractivity contribution is 6.83. The number of rotatable bonds is 4. The molecule has 0 aliphatic heterocycles. The fraction of sp³-hybridized carbons (Fsp3) is 0.438. The maximum absolute atomic E-state index is 11.0. The van der Waals surface area contributed by atoms with Gasteiger partial charge < -0.3 is 5.11 Å². The smallest absolute Gasteiger partial charge is 0.323 e. The third-order valence-corrected chi connectivity index (χ3v) is 3.68. The summed E-state index contributed by atoms with van der Waals surface area (Å²) in [6.07, 6.45) is 0. The average Bonchev–Trinajstić information content (AvgIpc) is 2.34. The van der Waals surface area contributed by atoms with Gasteiger partial charge in [-0.2, -0.15) is 0 Å². The van der Waals surface area contributed by atoms with Crippen LogP contribution in [0.5, 0.6) is 0 Å². The largest absolute Gasteiger partial charge is 0.480 e. The van der Waals surface area contributed by atoms with E-state index in [0.29, 0.717) is 6.54 Å². The molecule has 1 aromatic carbocycles. The summed E-state index contributed by atoms with van der Waals surface area (Å²) >= 11 is 0. The lowest BCUT2D eigenvalue weighted by Gasteiger charge is -2.21. The Morgan fingerprint density at radius 2 is 1.80 bits per heavy atom. The van der Waals surface area contributed by atoms with E-state index in [4.69, 9.17) is 5.11 Å². The molecule has 0 saturated carbocycles. The van der Waals surface area contributed by atoms with E-state index in [1.165, 1.54) is 0 Å². The minimum absolute atomic E-state index is 0.529. The third kappa shape index (κ3) is 5.60. The van der Waals surface area contributed by atoms with Crippen molar-refractivity contribution in [3.05, 3.63) is 35.4 Å². The first kappa shape index (κ1) is 16.5. The van der Waals surface area contributed by atoms with Crippen molar-refractivity contribution in [3.63, 3.8) is 0 Å². The predicted octanol–water partition coefficient (Wildman–Crippen LogP) is 2.87. The van der Waals surface area contributed by atoms with E-state index in [1.54, 1.807) is 13.8 Å². The molecule has 0 spiro atoms. The molecule has 108 valence electrons. The first-order valence-electron chi connectivity index (χ1n) is 6.71. The van der Waals surface area contributed by atoms with Gasteiger partial charge in [0.15, 0.2) is 0 Å². The Kier molecular flexibility index (Phi) is 5.15. The van der Waals surface area contributed by atoms with Gasteiger partial charge in [-0.1, -0.05) is 37.7 Å². The summed E-state index contributed by atoms with van der Waals surface area (Å²) in [6.45, 7) is 10.5. The molecule has 0 heterocycles. The molecule has 4 heteroatoms. The second-order valence-corrected chi connectivity index (χ2v) is 11.2. The first-order valence-corrected chi connectivity index (χ1v) is 10.2. The molecule has 3 nitrogen and oxygen atoms in total. The highest BCUT2D eigenvalue weighted by atomic mass is 28.3. The Hall–Kier alpha value is -1.57. The molecule has 0 amide bonds. The number of aliphatic carboxylic acids is 1. The maximum atomic E-state index is 11.0. The summed E-state index contributed by atoms with van der Waals surface area (Å²) in [5.74, 6) is 2.35. The number of carboxylic acids is 1. The molecular formula is C16H23NO2Si. The van der Waals surface area contributed by atoms with Crippen molar-refractivity contribution >= 4 is 14.0 Å². The lowest BCUT2D eigenvalue weighted by Crippen LogP contribution is -2.46. The standard InChI is InChI=1S/C16H23NO2Si/c1-16(2,15(18)19)17-12-14-8-6-13(7-9-14)10-11-20(3,4)5/h6-9,17H,12H2,1-5H3,(H,18,19). The van der Waals surface area contributed by atoms with Crippen LogP contribution in [0.2, 0.25) is 19.6 Å². The quantitative estimate of drug-likeness (QED) is 0.662. The summed E-state index contributed by atoms with van der Waals surface area (Å²) in [4.78, 5) is 11.0. The second-order valence-electron chi connectivity index (χ2n) is 6.48. The van der Waals surface area contributed by atoms with Crippen LogP contribution < -0.4 is 5.32 Å². The molecule has 2 N–H and O–H groups in total. The average molecular weight is 289 g/mol. The van der Waals surface area contributed by atoms with Gasteiger partial charge in [0.1, 0.15) is 13.6 Å². The van der Waals surface area contributed by atoms with Gasteiger partial charge >= 0.3 is 5.97 Å². The molecular weight excluding hydrogens is 266 g/mol. The zero-order valence-corrected chi connectivity index (χ0v) is 13.9. The van der Waals surface area contributed by atoms with E-state index in [2.05, 4.69) is 36.4 Å². The van der Waals surface area contributed by atoms with Gasteiger partial charge in [0.25, 0.3) is 0 Å². The minimum Gasteiger partial charge on any atom is -0.480 e. The normalized spacial score (nSPS) is 11.7. The number of carbonyl (C=O) groups is 1. The van der Waals surface area contributed by atoms with Crippen molar-refractivity contribution in [2.75, 3.05) is 0 Å². The number of nitrogens with one attached hydrogen (secondary N) is 1. The monoisotopic (exact) mass is 289 g/mol. The van der Waals surface area contributed by atoms with Crippen molar-refractivity contribution in [2.45, 2.75) is 45.6 Å². The van der Waals surface area contributed by atoms with Crippen LogP contribution in [-0.4, -0.2) is 24.7 Å². The Labute approximate surface area is 122 Å². The molecule has 1 aromatic rings. The van der Waals surface area contributed by atoms with E-state index < -0.39 is 19.6 Å². The molecule has 0 atom stereocenters. The maximum Gasteiger partial charge on any atom is 0.323 e. The van der Waals surface area contributed by atoms with Crippen LogP contribution in [0.1, 0.15) is 25.0 Å². The van der Waals surface area contributed by atoms with E-state index in [0.717, 1.165) is 11.1 Å². The lowest BCUT2D eigenvalue weighted by atomic mass is 10.1. The number of hydrogen-bond acceptors (Lipinski definition) is 2. The number of hydrogen-bond donors (Lipinski definition) is 2. The van der Waals surface area contributed by atoms with E-state index in [1.807, 2.05) is 24.3 Å².